The molecule has 0 unspecified atom stereocenters. The Labute approximate surface area is 231 Å². The second-order valence-electron chi connectivity index (χ2n) is 13.4. The van der Waals surface area contributed by atoms with Crippen LogP contribution in [0.5, 0.6) is 0 Å². The van der Waals surface area contributed by atoms with Crippen molar-refractivity contribution in [3.63, 3.8) is 0 Å². The summed E-state index contributed by atoms with van der Waals surface area (Å²) in [6, 6.07) is 9.44. The summed E-state index contributed by atoms with van der Waals surface area (Å²) < 4.78 is 5.25. The van der Waals surface area contributed by atoms with Gasteiger partial charge in [-0.25, -0.2) is 4.79 Å². The van der Waals surface area contributed by atoms with Crippen molar-refractivity contribution in [3.05, 3.63) is 41.5 Å². The molecule has 208 valence electrons. The van der Waals surface area contributed by atoms with E-state index in [-0.39, 0.29) is 41.2 Å². The zero-order valence-corrected chi connectivity index (χ0v) is 23.2. The molecule has 0 bridgehead atoms. The normalized spacial score (nSPS) is 40.8. The molecule has 0 spiro atoms. The molecule has 1 aromatic rings. The van der Waals surface area contributed by atoms with Crippen molar-refractivity contribution in [2.24, 2.45) is 34.5 Å². The molecule has 1 aliphatic heterocycles. The third kappa shape index (κ3) is 4.27. The van der Waals surface area contributed by atoms with E-state index in [0.717, 1.165) is 69.0 Å². The lowest BCUT2D eigenvalue weighted by atomic mass is 9.43. The number of nitrogens with one attached hydrogen (secondary N) is 2. The molecule has 5 aliphatic rings. The maximum Gasteiger partial charge on any atom is 0.331 e. The Morgan fingerprint density at radius 3 is 2.59 bits per heavy atom. The first-order chi connectivity index (χ1) is 18.7. The quantitative estimate of drug-likeness (QED) is 0.475. The summed E-state index contributed by atoms with van der Waals surface area (Å²) in [5.41, 5.74) is 1.81. The number of carbonyl (C=O) groups excluding carboxylic acids is 2. The summed E-state index contributed by atoms with van der Waals surface area (Å²) in [5.74, 6) is 1.34. The predicted octanol–water partition coefficient (Wildman–Crippen LogP) is 4.71. The Morgan fingerprint density at radius 2 is 1.87 bits per heavy atom. The lowest BCUT2D eigenvalue weighted by molar-refractivity contribution is -0.205. The van der Waals surface area contributed by atoms with E-state index in [2.05, 4.69) is 30.6 Å². The van der Waals surface area contributed by atoms with Crippen LogP contribution >= 0.6 is 0 Å². The molecule has 7 heteroatoms. The Kier molecular flexibility index (Phi) is 6.53. The van der Waals surface area contributed by atoms with E-state index in [1.165, 1.54) is 0 Å². The van der Waals surface area contributed by atoms with Gasteiger partial charge in [0, 0.05) is 23.2 Å². The van der Waals surface area contributed by atoms with Crippen molar-refractivity contribution in [2.45, 2.75) is 83.3 Å². The number of nitriles is 1. The number of fused-ring (bicyclic) bond motifs is 5. The maximum absolute atomic E-state index is 12.7. The van der Waals surface area contributed by atoms with Gasteiger partial charge in [-0.3, -0.25) is 4.79 Å². The van der Waals surface area contributed by atoms with Gasteiger partial charge in [-0.1, -0.05) is 13.8 Å². The number of nitrogens with zero attached hydrogens (tertiary/aromatic N) is 1. The number of cyclic esters (lactones) is 1. The Morgan fingerprint density at radius 1 is 1.08 bits per heavy atom. The third-order valence-electron chi connectivity index (χ3n) is 11.8. The first kappa shape index (κ1) is 26.4. The van der Waals surface area contributed by atoms with Crippen molar-refractivity contribution in [3.8, 4) is 6.07 Å². The standard InChI is InChI=1S/C32H41N3O4/c1-30-12-9-24(35-28(36)18-34-23-6-3-20(17-33)4-7-23)16-22(30)5-8-27-26(30)10-13-31(2)25(11-14-32(27,31)38)21-15-29(37)39-19-21/h3-4,6-7,15,22,24-27,34,38H,5,8-14,16,18-19H2,1-2H3,(H,35,36)/t22-,24+,25-,26+,27-,30+,31-,32+/m1/s1. The molecule has 3 N–H and O–H groups in total. The van der Waals surface area contributed by atoms with Crippen molar-refractivity contribution >= 4 is 17.6 Å². The average molecular weight is 532 g/mol. The smallest absolute Gasteiger partial charge is 0.331 e. The molecule has 4 saturated carbocycles. The molecule has 6 rings (SSSR count). The fraction of sp³-hybridized carbons (Fsp3) is 0.656. The van der Waals surface area contributed by atoms with E-state index in [4.69, 9.17) is 10.00 Å². The largest absolute Gasteiger partial charge is 0.458 e. The van der Waals surface area contributed by atoms with Crippen LogP contribution < -0.4 is 10.6 Å². The number of aliphatic hydroxyl groups is 1. The SMILES string of the molecule is C[C@]12CC[C@H](NC(=O)CNc3ccc(C#N)cc3)C[C@H]1CC[C@@H]1[C@@H]2CC[C@]2(C)[C@@H](C3=CC(=O)OC3)CC[C@]12O. The molecule has 0 saturated heterocycles. The molecule has 0 radical (unpaired) electrons. The second-order valence-corrected chi connectivity index (χ2v) is 13.4. The van der Waals surface area contributed by atoms with E-state index < -0.39 is 5.60 Å². The summed E-state index contributed by atoms with van der Waals surface area (Å²) in [7, 11) is 0. The molecule has 7 nitrogen and oxygen atoms in total. The molecule has 0 aromatic heterocycles. The number of anilines is 1. The van der Waals surface area contributed by atoms with Gasteiger partial charge in [0.25, 0.3) is 0 Å². The number of esters is 1. The van der Waals surface area contributed by atoms with Gasteiger partial charge in [0.1, 0.15) is 6.61 Å². The first-order valence-electron chi connectivity index (χ1n) is 14.8. The first-order valence-corrected chi connectivity index (χ1v) is 14.8. The molecule has 1 aromatic carbocycles. The van der Waals surface area contributed by atoms with Crippen LogP contribution in [0.4, 0.5) is 5.69 Å². The molecule has 1 amide bonds. The van der Waals surface area contributed by atoms with Crippen LogP contribution in [0.3, 0.4) is 0 Å². The molecule has 4 aliphatic carbocycles. The van der Waals surface area contributed by atoms with Gasteiger partial charge in [-0.15, -0.1) is 0 Å². The fourth-order valence-electron chi connectivity index (χ4n) is 9.66. The van der Waals surface area contributed by atoms with Gasteiger partial charge < -0.3 is 20.5 Å². The van der Waals surface area contributed by atoms with Crippen LogP contribution in [0.15, 0.2) is 35.9 Å². The van der Waals surface area contributed by atoms with Gasteiger partial charge in [0.2, 0.25) is 5.91 Å². The molecule has 39 heavy (non-hydrogen) atoms. The zero-order valence-electron chi connectivity index (χ0n) is 23.2. The monoisotopic (exact) mass is 531 g/mol. The summed E-state index contributed by atoms with van der Waals surface area (Å²) >= 11 is 0. The number of benzene rings is 1. The molecule has 8 atom stereocenters. The van der Waals surface area contributed by atoms with E-state index in [0.29, 0.717) is 29.9 Å². The van der Waals surface area contributed by atoms with Crippen LogP contribution in [0.2, 0.25) is 0 Å². The van der Waals surface area contributed by atoms with E-state index in [1.54, 1.807) is 18.2 Å². The topological polar surface area (TPSA) is 111 Å². The fourth-order valence-corrected chi connectivity index (χ4v) is 9.66. The van der Waals surface area contributed by atoms with Gasteiger partial charge in [-0.2, -0.15) is 5.26 Å². The lowest BCUT2D eigenvalue weighted by Crippen LogP contribution is -2.62. The number of hydrogen-bond donors (Lipinski definition) is 3. The highest BCUT2D eigenvalue weighted by molar-refractivity contribution is 5.85. The summed E-state index contributed by atoms with van der Waals surface area (Å²) in [5, 5.41) is 27.8. The van der Waals surface area contributed by atoms with Crippen LogP contribution in [-0.4, -0.2) is 41.8 Å². The van der Waals surface area contributed by atoms with Crippen LogP contribution in [0.1, 0.15) is 77.2 Å². The van der Waals surface area contributed by atoms with Gasteiger partial charge >= 0.3 is 5.97 Å². The minimum Gasteiger partial charge on any atom is -0.458 e. The Balaban J connectivity index is 1.09. The average Bonchev–Trinajstić information content (AvgIpc) is 3.47. The number of hydrogen-bond acceptors (Lipinski definition) is 6. The highest BCUT2D eigenvalue weighted by atomic mass is 16.5. The molecule has 1 heterocycles. The molecular formula is C32H41N3O4. The van der Waals surface area contributed by atoms with Crippen molar-refractivity contribution in [1.82, 2.24) is 5.32 Å². The van der Waals surface area contributed by atoms with Gasteiger partial charge in [-0.05, 0) is 117 Å². The van der Waals surface area contributed by atoms with Gasteiger partial charge in [0.15, 0.2) is 0 Å². The van der Waals surface area contributed by atoms with E-state index >= 15 is 0 Å². The summed E-state index contributed by atoms with van der Waals surface area (Å²) in [6.07, 6.45) is 10.7. The number of carbonyl (C=O) groups is 2. The number of rotatable bonds is 5. The second kappa shape index (κ2) is 9.66. The van der Waals surface area contributed by atoms with Gasteiger partial charge in [0.05, 0.1) is 23.8 Å². The van der Waals surface area contributed by atoms with E-state index in [9.17, 15) is 14.7 Å². The maximum atomic E-state index is 12.7. The van der Waals surface area contributed by atoms with Crippen molar-refractivity contribution in [1.29, 1.82) is 5.26 Å². The minimum atomic E-state index is -0.691. The number of amides is 1. The molecular weight excluding hydrogens is 490 g/mol. The highest BCUT2D eigenvalue weighted by Crippen LogP contribution is 2.69. The highest BCUT2D eigenvalue weighted by Gasteiger charge is 2.67. The van der Waals surface area contributed by atoms with Crippen LogP contribution in [0, 0.1) is 45.8 Å². The predicted molar refractivity (Wildman–Crippen MR) is 147 cm³/mol. The van der Waals surface area contributed by atoms with Crippen molar-refractivity contribution in [2.75, 3.05) is 18.5 Å². The zero-order chi connectivity index (χ0) is 27.4. The molecule has 4 fully saturated rings. The summed E-state index contributed by atoms with van der Waals surface area (Å²) in [4.78, 5) is 24.5. The van der Waals surface area contributed by atoms with Crippen molar-refractivity contribution < 1.29 is 19.4 Å². The third-order valence-corrected chi connectivity index (χ3v) is 11.8. The minimum absolute atomic E-state index is 0.00469. The summed E-state index contributed by atoms with van der Waals surface area (Å²) in [6.45, 7) is 5.34. The Bertz CT molecular complexity index is 1220. The van der Waals surface area contributed by atoms with Crippen LogP contribution in [-0.2, 0) is 14.3 Å². The van der Waals surface area contributed by atoms with Crippen LogP contribution in [0.25, 0.3) is 0 Å². The number of ether oxygens (including phenoxy) is 1. The van der Waals surface area contributed by atoms with E-state index in [1.807, 2.05) is 12.1 Å². The Hall–Kier alpha value is -2.85. The lowest BCUT2D eigenvalue weighted by Gasteiger charge is -2.64.